The highest BCUT2D eigenvalue weighted by Crippen LogP contribution is 2.35. The van der Waals surface area contributed by atoms with Gasteiger partial charge in [0.15, 0.2) is 0 Å². The van der Waals surface area contributed by atoms with Crippen LogP contribution >= 0.6 is 0 Å². The number of hydrogen-bond acceptors (Lipinski definition) is 6. The van der Waals surface area contributed by atoms with Crippen molar-refractivity contribution in [1.82, 2.24) is 0 Å². The summed E-state index contributed by atoms with van der Waals surface area (Å²) in [6.45, 7) is 0. The van der Waals surface area contributed by atoms with E-state index in [4.69, 9.17) is 14.2 Å². The van der Waals surface area contributed by atoms with Crippen molar-refractivity contribution < 1.29 is 24.1 Å². The number of nitrogens with one attached hydrogen (secondary N) is 1. The highest BCUT2D eigenvalue weighted by atomic mass is 16.5. The predicted octanol–water partition coefficient (Wildman–Crippen LogP) is 2.96. The van der Waals surface area contributed by atoms with E-state index in [0.29, 0.717) is 28.5 Å². The van der Waals surface area contributed by atoms with Gasteiger partial charge in [0.1, 0.15) is 34.6 Å². The highest BCUT2D eigenvalue weighted by molar-refractivity contribution is 6.10. The largest absolute Gasteiger partial charge is 0.508 e. The van der Waals surface area contributed by atoms with Gasteiger partial charge >= 0.3 is 0 Å². The molecule has 0 saturated heterocycles. The second-order valence-electron chi connectivity index (χ2n) is 5.12. The fourth-order valence-electron chi connectivity index (χ4n) is 2.21. The van der Waals surface area contributed by atoms with Crippen molar-refractivity contribution in [3.63, 3.8) is 0 Å². The Morgan fingerprint density at radius 3 is 2.12 bits per heavy atom. The third-order valence-corrected chi connectivity index (χ3v) is 3.53. The summed E-state index contributed by atoms with van der Waals surface area (Å²) < 4.78 is 15.8. The zero-order valence-corrected chi connectivity index (χ0v) is 14.6. The van der Waals surface area contributed by atoms with E-state index in [2.05, 4.69) is 5.32 Å². The van der Waals surface area contributed by atoms with Crippen molar-refractivity contribution in [2.45, 2.75) is 0 Å². The molecule has 7 nitrogen and oxygen atoms in total. The van der Waals surface area contributed by atoms with E-state index in [9.17, 15) is 15.2 Å². The Bertz CT molecular complexity index is 841. The smallest absolute Gasteiger partial charge is 0.266 e. The van der Waals surface area contributed by atoms with Gasteiger partial charge in [0.05, 0.1) is 26.9 Å². The lowest BCUT2D eigenvalue weighted by Gasteiger charge is -2.13. The minimum Gasteiger partial charge on any atom is -0.508 e. The molecule has 1 amide bonds. The van der Waals surface area contributed by atoms with Gasteiger partial charge in [-0.25, -0.2) is 0 Å². The summed E-state index contributed by atoms with van der Waals surface area (Å²) in [5.74, 6) is 0.783. The molecule has 0 aromatic heterocycles. The summed E-state index contributed by atoms with van der Waals surface area (Å²) in [7, 11) is 4.44. The van der Waals surface area contributed by atoms with Crippen molar-refractivity contribution in [2.75, 3.05) is 26.6 Å². The number of nitriles is 1. The molecule has 7 heteroatoms. The molecule has 0 saturated carbocycles. The number of carbonyl (C=O) groups is 1. The van der Waals surface area contributed by atoms with Crippen LogP contribution < -0.4 is 19.5 Å². The van der Waals surface area contributed by atoms with Crippen LogP contribution in [0.4, 0.5) is 5.69 Å². The van der Waals surface area contributed by atoms with Gasteiger partial charge in [-0.2, -0.15) is 5.26 Å². The second-order valence-corrected chi connectivity index (χ2v) is 5.12. The lowest BCUT2D eigenvalue weighted by molar-refractivity contribution is -0.112. The molecule has 0 aliphatic carbocycles. The number of ether oxygens (including phenoxy) is 3. The minimum absolute atomic E-state index is 0.0757. The van der Waals surface area contributed by atoms with Gasteiger partial charge in [0, 0.05) is 17.8 Å². The van der Waals surface area contributed by atoms with Crippen LogP contribution in [0.5, 0.6) is 23.0 Å². The summed E-state index contributed by atoms with van der Waals surface area (Å²) in [5.41, 5.74) is 0.746. The van der Waals surface area contributed by atoms with Crippen LogP contribution in [0, 0.1) is 11.3 Å². The van der Waals surface area contributed by atoms with Crippen LogP contribution in [-0.4, -0.2) is 32.3 Å². The Balaban J connectivity index is 2.40. The van der Waals surface area contributed by atoms with Gasteiger partial charge in [-0.05, 0) is 30.3 Å². The molecule has 0 heterocycles. The van der Waals surface area contributed by atoms with E-state index < -0.39 is 5.91 Å². The number of methoxy groups -OCH3 is 3. The first kappa shape index (κ1) is 18.7. The summed E-state index contributed by atoms with van der Waals surface area (Å²) >= 11 is 0. The molecule has 2 aromatic carbocycles. The Labute approximate surface area is 151 Å². The molecule has 2 N–H and O–H groups in total. The topological polar surface area (TPSA) is 101 Å². The first-order valence-corrected chi connectivity index (χ1v) is 7.54. The molecule has 134 valence electrons. The zero-order valence-electron chi connectivity index (χ0n) is 14.6. The molecule has 2 rings (SSSR count). The average Bonchev–Trinajstić information content (AvgIpc) is 2.67. The molecular weight excluding hydrogens is 336 g/mol. The number of benzene rings is 2. The summed E-state index contributed by atoms with van der Waals surface area (Å²) in [6, 6.07) is 11.0. The molecule has 0 radical (unpaired) electrons. The Hall–Kier alpha value is -3.66. The number of carbonyl (C=O) groups excluding carboxylic acids is 1. The predicted molar refractivity (Wildman–Crippen MR) is 96.4 cm³/mol. The highest BCUT2D eigenvalue weighted by Gasteiger charge is 2.16. The Morgan fingerprint density at radius 1 is 1.08 bits per heavy atom. The Kier molecular flexibility index (Phi) is 6.06. The number of amides is 1. The zero-order chi connectivity index (χ0) is 19.1. The molecule has 0 unspecified atom stereocenters. The van der Waals surface area contributed by atoms with E-state index in [1.165, 1.54) is 51.7 Å². The van der Waals surface area contributed by atoms with Gasteiger partial charge in [0.25, 0.3) is 5.91 Å². The average molecular weight is 354 g/mol. The van der Waals surface area contributed by atoms with Crippen molar-refractivity contribution in [1.29, 1.82) is 5.26 Å². The number of phenolic OH excluding ortho intramolecular Hbond substituents is 1. The number of nitrogens with zero attached hydrogens (tertiary/aromatic N) is 1. The van der Waals surface area contributed by atoms with Crippen LogP contribution in [0.2, 0.25) is 0 Å². The molecule has 26 heavy (non-hydrogen) atoms. The first-order chi connectivity index (χ1) is 12.5. The number of hydrogen-bond donors (Lipinski definition) is 2. The van der Waals surface area contributed by atoms with Crippen molar-refractivity contribution in [3.05, 3.63) is 47.5 Å². The number of anilines is 1. The van der Waals surface area contributed by atoms with Crippen LogP contribution in [0.1, 0.15) is 5.56 Å². The minimum atomic E-state index is -0.599. The van der Waals surface area contributed by atoms with Crippen LogP contribution in [0.15, 0.2) is 42.0 Å². The lowest BCUT2D eigenvalue weighted by Crippen LogP contribution is -2.13. The maximum atomic E-state index is 12.4. The normalized spacial score (nSPS) is 10.6. The molecule has 0 fully saturated rings. The fourth-order valence-corrected chi connectivity index (χ4v) is 2.21. The SMILES string of the molecule is COc1cc(OC)c(C=C(C#N)C(=O)Nc2ccc(O)cc2)c(OC)c1. The van der Waals surface area contributed by atoms with Gasteiger partial charge in [-0.1, -0.05) is 0 Å². The van der Waals surface area contributed by atoms with Crippen LogP contribution in [0.25, 0.3) is 6.08 Å². The van der Waals surface area contributed by atoms with E-state index in [-0.39, 0.29) is 11.3 Å². The van der Waals surface area contributed by atoms with Gasteiger partial charge in [-0.15, -0.1) is 0 Å². The van der Waals surface area contributed by atoms with Crippen molar-refractivity contribution in [3.8, 4) is 29.1 Å². The van der Waals surface area contributed by atoms with Gasteiger partial charge in [-0.3, -0.25) is 4.79 Å². The monoisotopic (exact) mass is 354 g/mol. The molecule has 0 bridgehead atoms. The third-order valence-electron chi connectivity index (χ3n) is 3.53. The van der Waals surface area contributed by atoms with E-state index in [1.54, 1.807) is 12.1 Å². The first-order valence-electron chi connectivity index (χ1n) is 7.54. The van der Waals surface area contributed by atoms with E-state index in [0.717, 1.165) is 0 Å². The molecular formula is C19H18N2O5. The van der Waals surface area contributed by atoms with Crippen LogP contribution in [-0.2, 0) is 4.79 Å². The molecule has 0 atom stereocenters. The van der Waals surface area contributed by atoms with Crippen molar-refractivity contribution in [2.24, 2.45) is 0 Å². The summed E-state index contributed by atoms with van der Waals surface area (Å²) in [4.78, 5) is 12.4. The number of phenols is 1. The van der Waals surface area contributed by atoms with Crippen molar-refractivity contribution >= 4 is 17.7 Å². The maximum absolute atomic E-state index is 12.4. The van der Waals surface area contributed by atoms with Gasteiger partial charge in [0.2, 0.25) is 0 Å². The summed E-state index contributed by atoms with van der Waals surface area (Å²) in [6.07, 6.45) is 1.38. The van der Waals surface area contributed by atoms with Crippen LogP contribution in [0.3, 0.4) is 0 Å². The molecule has 0 spiro atoms. The number of aromatic hydroxyl groups is 1. The fraction of sp³-hybridized carbons (Fsp3) is 0.158. The van der Waals surface area contributed by atoms with Gasteiger partial charge < -0.3 is 24.6 Å². The van der Waals surface area contributed by atoms with E-state index >= 15 is 0 Å². The molecule has 2 aromatic rings. The Morgan fingerprint density at radius 2 is 1.65 bits per heavy atom. The molecule has 0 aliphatic heterocycles. The third kappa shape index (κ3) is 4.24. The lowest BCUT2D eigenvalue weighted by atomic mass is 10.1. The van der Waals surface area contributed by atoms with E-state index in [1.807, 2.05) is 6.07 Å². The standard InChI is InChI=1S/C19H18N2O5/c1-24-15-9-17(25-2)16(18(10-15)26-3)8-12(11-20)19(23)21-13-4-6-14(22)7-5-13/h4-10,22H,1-3H3,(H,21,23). The quantitative estimate of drug-likeness (QED) is 0.470. The second kappa shape index (κ2) is 8.44. The molecule has 0 aliphatic rings. The maximum Gasteiger partial charge on any atom is 0.266 e. The number of rotatable bonds is 6. The summed E-state index contributed by atoms with van der Waals surface area (Å²) in [5, 5.41) is 21.3.